The average Bonchev–Trinajstić information content (AvgIpc) is 2.18. The van der Waals surface area contributed by atoms with E-state index in [1.165, 1.54) is 6.92 Å². The first-order valence-corrected chi connectivity index (χ1v) is 5.35. The van der Waals surface area contributed by atoms with Crippen molar-refractivity contribution < 1.29 is 23.9 Å². The minimum atomic E-state index is -0.983. The van der Waals surface area contributed by atoms with Gasteiger partial charge >= 0.3 is 11.9 Å². The van der Waals surface area contributed by atoms with E-state index in [9.17, 15) is 14.4 Å². The summed E-state index contributed by atoms with van der Waals surface area (Å²) in [6.07, 6.45) is 0.315. The van der Waals surface area contributed by atoms with Gasteiger partial charge in [-0.2, -0.15) is 0 Å². The summed E-state index contributed by atoms with van der Waals surface area (Å²) in [7, 11) is 0. The van der Waals surface area contributed by atoms with Gasteiger partial charge in [0.1, 0.15) is 5.78 Å². The molecule has 0 unspecified atom stereocenters. The smallest absolute Gasteiger partial charge is 0.320 e. The molecule has 0 saturated carbocycles. The van der Waals surface area contributed by atoms with Crippen LogP contribution in [0.4, 0.5) is 0 Å². The van der Waals surface area contributed by atoms with Crippen LogP contribution in [0.3, 0.4) is 0 Å². The van der Waals surface area contributed by atoms with E-state index in [-0.39, 0.29) is 31.8 Å². The maximum atomic E-state index is 11.4. The molecule has 0 spiro atoms. The minimum Gasteiger partial charge on any atom is -0.465 e. The first kappa shape index (κ1) is 14.6. The molecule has 0 bridgehead atoms. The van der Waals surface area contributed by atoms with E-state index in [0.717, 1.165) is 0 Å². The van der Waals surface area contributed by atoms with Crippen LogP contribution in [0.5, 0.6) is 0 Å². The van der Waals surface area contributed by atoms with Gasteiger partial charge in [-0.25, -0.2) is 0 Å². The highest BCUT2D eigenvalue weighted by Gasteiger charge is 2.29. The van der Waals surface area contributed by atoms with Gasteiger partial charge in [0.25, 0.3) is 0 Å². The number of carbonyl (C=O) groups is 3. The largest absolute Gasteiger partial charge is 0.465 e. The van der Waals surface area contributed by atoms with Gasteiger partial charge in [-0.3, -0.25) is 9.59 Å². The molecule has 92 valence electrons. The lowest BCUT2D eigenvalue weighted by Crippen LogP contribution is -2.28. The standard InChI is InChI=1S/C11H18O5/c1-4-15-10(13)9(7-6-8(3)12)11(14)16-5-2/h9H,4-7H2,1-3H3. The predicted molar refractivity (Wildman–Crippen MR) is 56.7 cm³/mol. The number of hydrogen-bond acceptors (Lipinski definition) is 5. The molecule has 0 N–H and O–H groups in total. The van der Waals surface area contributed by atoms with Crippen LogP contribution in [-0.2, 0) is 23.9 Å². The lowest BCUT2D eigenvalue weighted by molar-refractivity contribution is -0.161. The fourth-order valence-corrected chi connectivity index (χ4v) is 1.17. The second-order valence-electron chi connectivity index (χ2n) is 3.30. The van der Waals surface area contributed by atoms with Crippen molar-refractivity contribution in [2.24, 2.45) is 5.92 Å². The lowest BCUT2D eigenvalue weighted by Gasteiger charge is -2.13. The van der Waals surface area contributed by atoms with Gasteiger partial charge in [-0.05, 0) is 27.2 Å². The van der Waals surface area contributed by atoms with E-state index < -0.39 is 17.9 Å². The van der Waals surface area contributed by atoms with Crippen LogP contribution < -0.4 is 0 Å². The van der Waals surface area contributed by atoms with Crippen molar-refractivity contribution in [1.82, 2.24) is 0 Å². The summed E-state index contributed by atoms with van der Waals surface area (Å²) in [6.45, 7) is 5.13. The Labute approximate surface area is 95.1 Å². The van der Waals surface area contributed by atoms with Crippen molar-refractivity contribution in [3.05, 3.63) is 0 Å². The molecule has 0 saturated heterocycles. The highest BCUT2D eigenvalue weighted by molar-refractivity contribution is 5.95. The van der Waals surface area contributed by atoms with Crippen molar-refractivity contribution in [2.45, 2.75) is 33.6 Å². The number of rotatable bonds is 7. The molecule has 0 aliphatic carbocycles. The molecule has 0 aromatic rings. The summed E-state index contributed by atoms with van der Waals surface area (Å²) < 4.78 is 9.51. The number of ether oxygens (including phenoxy) is 2. The van der Waals surface area contributed by atoms with E-state index in [1.54, 1.807) is 13.8 Å². The summed E-state index contributed by atoms with van der Waals surface area (Å²) in [5.74, 6) is -2.30. The zero-order valence-electron chi connectivity index (χ0n) is 9.95. The zero-order valence-corrected chi connectivity index (χ0v) is 9.95. The van der Waals surface area contributed by atoms with Gasteiger partial charge < -0.3 is 14.3 Å². The second kappa shape index (κ2) is 7.84. The fraction of sp³-hybridized carbons (Fsp3) is 0.727. The molecule has 0 rings (SSSR count). The van der Waals surface area contributed by atoms with E-state index in [2.05, 4.69) is 0 Å². The lowest BCUT2D eigenvalue weighted by atomic mass is 10.0. The second-order valence-corrected chi connectivity index (χ2v) is 3.30. The number of Topliss-reactive ketones (excluding diaryl/α,β-unsaturated/α-hetero) is 1. The van der Waals surface area contributed by atoms with Crippen molar-refractivity contribution in [3.8, 4) is 0 Å². The summed E-state index contributed by atoms with van der Waals surface area (Å²) in [4.78, 5) is 33.7. The van der Waals surface area contributed by atoms with Crippen LogP contribution in [0.2, 0.25) is 0 Å². The van der Waals surface area contributed by atoms with Gasteiger partial charge in [-0.1, -0.05) is 0 Å². The predicted octanol–water partition coefficient (Wildman–Crippen LogP) is 1.10. The topological polar surface area (TPSA) is 69.7 Å². The highest BCUT2D eigenvalue weighted by Crippen LogP contribution is 2.12. The molecular weight excluding hydrogens is 212 g/mol. The van der Waals surface area contributed by atoms with Gasteiger partial charge in [0.15, 0.2) is 5.92 Å². The van der Waals surface area contributed by atoms with Crippen LogP contribution in [0.1, 0.15) is 33.6 Å². The first-order valence-electron chi connectivity index (χ1n) is 5.35. The molecule has 16 heavy (non-hydrogen) atoms. The molecule has 0 aliphatic heterocycles. The minimum absolute atomic E-state index is 0.0707. The van der Waals surface area contributed by atoms with Crippen LogP contribution in [0.25, 0.3) is 0 Å². The third-order valence-corrected chi connectivity index (χ3v) is 1.93. The molecule has 0 aliphatic rings. The van der Waals surface area contributed by atoms with Gasteiger partial charge in [0.2, 0.25) is 0 Å². The molecule has 5 nitrogen and oxygen atoms in total. The fourth-order valence-electron chi connectivity index (χ4n) is 1.17. The molecular formula is C11H18O5. The number of hydrogen-bond donors (Lipinski definition) is 0. The van der Waals surface area contributed by atoms with Gasteiger partial charge in [-0.15, -0.1) is 0 Å². The van der Waals surface area contributed by atoms with Crippen molar-refractivity contribution in [2.75, 3.05) is 13.2 Å². The van der Waals surface area contributed by atoms with E-state index in [4.69, 9.17) is 9.47 Å². The molecule has 0 heterocycles. The Morgan fingerprint density at radius 2 is 1.44 bits per heavy atom. The summed E-state index contributed by atoms with van der Waals surface area (Å²) in [6, 6.07) is 0. The Morgan fingerprint density at radius 3 is 1.75 bits per heavy atom. The van der Waals surface area contributed by atoms with Crippen molar-refractivity contribution >= 4 is 17.7 Å². The normalized spacial score (nSPS) is 10.0. The van der Waals surface area contributed by atoms with Crippen LogP contribution in [-0.4, -0.2) is 30.9 Å². The molecule has 0 atom stereocenters. The molecule has 0 radical (unpaired) electrons. The zero-order chi connectivity index (χ0) is 12.6. The van der Waals surface area contributed by atoms with E-state index >= 15 is 0 Å². The monoisotopic (exact) mass is 230 g/mol. The highest BCUT2D eigenvalue weighted by atomic mass is 16.6. The Kier molecular flexibility index (Phi) is 7.16. The van der Waals surface area contributed by atoms with Gasteiger partial charge in [0.05, 0.1) is 13.2 Å². The maximum Gasteiger partial charge on any atom is 0.320 e. The van der Waals surface area contributed by atoms with E-state index in [1.807, 2.05) is 0 Å². The number of carbonyl (C=O) groups excluding carboxylic acids is 3. The molecule has 0 fully saturated rings. The van der Waals surface area contributed by atoms with E-state index in [0.29, 0.717) is 0 Å². The van der Waals surface area contributed by atoms with Crippen LogP contribution >= 0.6 is 0 Å². The van der Waals surface area contributed by atoms with Gasteiger partial charge in [0, 0.05) is 6.42 Å². The average molecular weight is 230 g/mol. The number of ketones is 1. The summed E-state index contributed by atoms with van der Waals surface area (Å²) >= 11 is 0. The number of esters is 2. The van der Waals surface area contributed by atoms with Crippen molar-refractivity contribution in [3.63, 3.8) is 0 Å². The van der Waals surface area contributed by atoms with Crippen LogP contribution in [0, 0.1) is 5.92 Å². The molecule has 5 heteroatoms. The van der Waals surface area contributed by atoms with Crippen molar-refractivity contribution in [1.29, 1.82) is 0 Å². The third-order valence-electron chi connectivity index (χ3n) is 1.93. The Balaban J connectivity index is 4.42. The molecule has 0 amide bonds. The Morgan fingerprint density at radius 1 is 1.00 bits per heavy atom. The quantitative estimate of drug-likeness (QED) is 0.484. The summed E-state index contributed by atoms with van der Waals surface area (Å²) in [5, 5.41) is 0. The SMILES string of the molecule is CCOC(=O)C(CCC(C)=O)C(=O)OCC. The Bertz CT molecular complexity index is 241. The molecule has 0 aromatic heterocycles. The molecule has 0 aromatic carbocycles. The maximum absolute atomic E-state index is 11.4. The Hall–Kier alpha value is -1.39. The van der Waals surface area contributed by atoms with Crippen LogP contribution in [0.15, 0.2) is 0 Å². The summed E-state index contributed by atoms with van der Waals surface area (Å²) in [5.41, 5.74) is 0. The third kappa shape index (κ3) is 5.48. The first-order chi connectivity index (χ1) is 7.52.